The summed E-state index contributed by atoms with van der Waals surface area (Å²) in [5.74, 6) is -0.975. The average molecular weight is 465 g/mol. The third kappa shape index (κ3) is 4.24. The van der Waals surface area contributed by atoms with E-state index in [2.05, 4.69) is 41.7 Å². The Labute approximate surface area is 196 Å². The maximum Gasteiger partial charge on any atom is 0.328 e. The molecule has 2 aromatic carbocycles. The first-order chi connectivity index (χ1) is 15.4. The number of hydrogen-bond donors (Lipinski definition) is 2. The van der Waals surface area contributed by atoms with Gasteiger partial charge in [-0.15, -0.1) is 0 Å². The molecule has 2 aromatic heterocycles. The molecule has 0 radical (unpaired) electrons. The van der Waals surface area contributed by atoms with Crippen molar-refractivity contribution in [2.75, 3.05) is 0 Å². The van der Waals surface area contributed by atoms with Crippen LogP contribution >= 0.6 is 23.2 Å². The van der Waals surface area contributed by atoms with Gasteiger partial charge in [0, 0.05) is 40.9 Å². The Balaban J connectivity index is 1.97. The molecule has 0 bridgehead atoms. The Kier molecular flexibility index (Phi) is 6.26. The lowest BCUT2D eigenvalue weighted by Crippen LogP contribution is -2.01. The minimum absolute atomic E-state index is 0.487. The summed E-state index contributed by atoms with van der Waals surface area (Å²) in [6.07, 6.45) is 3.45. The zero-order chi connectivity index (χ0) is 22.8. The largest absolute Gasteiger partial charge is 0.478 e. The minimum Gasteiger partial charge on any atom is -0.478 e. The summed E-state index contributed by atoms with van der Waals surface area (Å²) in [6.45, 7) is 2.10. The summed E-state index contributed by atoms with van der Waals surface area (Å²) < 4.78 is 2.18. The molecule has 32 heavy (non-hydrogen) atoms. The van der Waals surface area contributed by atoms with Gasteiger partial charge in [-0.1, -0.05) is 72.6 Å². The minimum atomic E-state index is -0.975. The number of carboxylic acids is 1. The lowest BCUT2D eigenvalue weighted by atomic mass is 9.91. The molecule has 6 heteroatoms. The zero-order valence-electron chi connectivity index (χ0n) is 17.7. The van der Waals surface area contributed by atoms with Crippen LogP contribution in [0.1, 0.15) is 35.7 Å². The number of H-pyrrole nitrogens is 1. The predicted molar refractivity (Wildman–Crippen MR) is 133 cm³/mol. The van der Waals surface area contributed by atoms with Gasteiger partial charge in [0.25, 0.3) is 0 Å². The molecule has 4 nitrogen and oxygen atoms in total. The first-order valence-corrected chi connectivity index (χ1v) is 11.0. The van der Waals surface area contributed by atoms with Crippen molar-refractivity contribution < 1.29 is 9.90 Å². The highest BCUT2D eigenvalue weighted by atomic mass is 35.5. The lowest BCUT2D eigenvalue weighted by Gasteiger charge is -2.17. The van der Waals surface area contributed by atoms with Crippen molar-refractivity contribution in [3.8, 4) is 0 Å². The number of aryl methyl sites for hydroxylation is 1. The van der Waals surface area contributed by atoms with E-state index >= 15 is 0 Å². The number of aliphatic carboxylic acids is 1. The van der Waals surface area contributed by atoms with E-state index in [4.69, 9.17) is 28.3 Å². The van der Waals surface area contributed by atoms with Crippen molar-refractivity contribution in [1.82, 2.24) is 9.55 Å². The summed E-state index contributed by atoms with van der Waals surface area (Å²) in [6, 6.07) is 20.1. The van der Waals surface area contributed by atoms with Crippen LogP contribution in [-0.2, 0) is 11.8 Å². The van der Waals surface area contributed by atoms with Gasteiger partial charge in [-0.2, -0.15) is 0 Å². The molecule has 4 aromatic rings. The van der Waals surface area contributed by atoms with Crippen LogP contribution in [0.15, 0.2) is 66.7 Å². The Hall–Kier alpha value is -3.21. The maximum absolute atomic E-state index is 10.9. The van der Waals surface area contributed by atoms with Gasteiger partial charge in [-0.05, 0) is 47.4 Å². The molecule has 0 aliphatic carbocycles. The van der Waals surface area contributed by atoms with Gasteiger partial charge in [-0.25, -0.2) is 4.79 Å². The molecule has 0 saturated carbocycles. The van der Waals surface area contributed by atoms with Gasteiger partial charge in [-0.3, -0.25) is 0 Å². The number of aromatic amines is 1. The number of carboxylic acid groups (broad SMARTS) is 1. The number of nitrogens with zero attached hydrogens (tertiary/aromatic N) is 1. The molecule has 0 saturated heterocycles. The predicted octanol–water partition coefficient (Wildman–Crippen LogP) is 7.28. The second-order valence-electron chi connectivity index (χ2n) is 7.49. The molecule has 4 rings (SSSR count). The third-order valence-corrected chi connectivity index (χ3v) is 6.04. The highest BCUT2D eigenvalue weighted by Gasteiger charge is 2.20. The number of allylic oxidation sites excluding steroid dienone is 1. The summed E-state index contributed by atoms with van der Waals surface area (Å²) >= 11 is 12.7. The van der Waals surface area contributed by atoms with Gasteiger partial charge < -0.3 is 14.7 Å². The molecule has 0 atom stereocenters. The van der Waals surface area contributed by atoms with Gasteiger partial charge in [0.2, 0.25) is 0 Å². The van der Waals surface area contributed by atoms with Crippen molar-refractivity contribution in [3.05, 3.63) is 99.4 Å². The fourth-order valence-electron chi connectivity index (χ4n) is 4.05. The normalized spacial score (nSPS) is 12.5. The first kappa shape index (κ1) is 22.0. The fraction of sp³-hybridized carbons (Fsp3) is 0.115. The highest BCUT2D eigenvalue weighted by molar-refractivity contribution is 6.35. The lowest BCUT2D eigenvalue weighted by molar-refractivity contribution is -0.131. The number of nitrogens with one attached hydrogen (secondary N) is 1. The van der Waals surface area contributed by atoms with E-state index in [1.165, 1.54) is 0 Å². The number of carbonyl (C=O) groups is 1. The topological polar surface area (TPSA) is 58.0 Å². The van der Waals surface area contributed by atoms with Gasteiger partial charge in [0.15, 0.2) is 0 Å². The van der Waals surface area contributed by atoms with E-state index in [0.717, 1.165) is 56.9 Å². The Morgan fingerprint density at radius 2 is 1.81 bits per heavy atom. The number of aromatic nitrogens is 2. The van der Waals surface area contributed by atoms with E-state index in [9.17, 15) is 4.79 Å². The Morgan fingerprint density at radius 1 is 1.09 bits per heavy atom. The average Bonchev–Trinajstić information content (AvgIpc) is 3.29. The van der Waals surface area contributed by atoms with Gasteiger partial charge >= 0.3 is 5.97 Å². The quantitative estimate of drug-likeness (QED) is 0.294. The number of hydrogen-bond acceptors (Lipinski definition) is 1. The maximum atomic E-state index is 10.9. The molecule has 0 spiro atoms. The molecule has 0 unspecified atom stereocenters. The molecule has 2 N–H and O–H groups in total. The summed E-state index contributed by atoms with van der Waals surface area (Å²) in [5, 5.41) is 11.0. The summed E-state index contributed by atoms with van der Waals surface area (Å²) in [5.41, 5.74) is 7.01. The monoisotopic (exact) mass is 464 g/mol. The molecule has 0 aliphatic rings. The smallest absolute Gasteiger partial charge is 0.328 e. The van der Waals surface area contributed by atoms with E-state index in [1.54, 1.807) is 6.08 Å². The van der Waals surface area contributed by atoms with Crippen LogP contribution in [0.25, 0.3) is 28.1 Å². The van der Waals surface area contributed by atoms with E-state index in [-0.39, 0.29) is 0 Å². The van der Waals surface area contributed by atoms with Crippen LogP contribution in [0.4, 0.5) is 0 Å². The molecule has 0 aliphatic heterocycles. The molecule has 0 fully saturated rings. The second kappa shape index (κ2) is 9.11. The SMILES string of the molecule is CC/C(=C(/c1ccc(/C=C/C(=O)O)cc1)c1cc2ccccc2n1C)c1cc(Cl)[nH]c1Cl. The molecule has 0 amide bonds. The van der Waals surface area contributed by atoms with Crippen LogP contribution in [0.2, 0.25) is 10.3 Å². The van der Waals surface area contributed by atoms with Crippen molar-refractivity contribution in [2.45, 2.75) is 13.3 Å². The van der Waals surface area contributed by atoms with Crippen LogP contribution in [0.5, 0.6) is 0 Å². The Bertz CT molecular complexity index is 1360. The number of rotatable bonds is 6. The standard InChI is InChI=1S/C26H22Cl2N2O2/c1-3-19(20-15-23(27)29-26(20)28)25(17-11-8-16(9-12-17)10-13-24(31)32)22-14-18-6-4-5-7-21(18)30(22)2/h4-15,29H,3H2,1-2H3,(H,31,32)/b13-10+,25-19+. The number of para-hydroxylation sites is 1. The molecular formula is C26H22Cl2N2O2. The van der Waals surface area contributed by atoms with E-state index in [0.29, 0.717) is 10.3 Å². The second-order valence-corrected chi connectivity index (χ2v) is 8.28. The number of halogens is 2. The van der Waals surface area contributed by atoms with Crippen LogP contribution in [0.3, 0.4) is 0 Å². The van der Waals surface area contributed by atoms with Crippen molar-refractivity contribution in [2.24, 2.45) is 7.05 Å². The van der Waals surface area contributed by atoms with Crippen LogP contribution in [0, 0.1) is 0 Å². The summed E-state index contributed by atoms with van der Waals surface area (Å²) in [7, 11) is 2.06. The molecule has 162 valence electrons. The molecular weight excluding hydrogens is 443 g/mol. The third-order valence-electron chi connectivity index (χ3n) is 5.54. The molecule has 2 heterocycles. The van der Waals surface area contributed by atoms with E-state index < -0.39 is 5.97 Å². The van der Waals surface area contributed by atoms with Crippen LogP contribution < -0.4 is 0 Å². The van der Waals surface area contributed by atoms with E-state index in [1.807, 2.05) is 42.5 Å². The number of fused-ring (bicyclic) bond motifs is 1. The summed E-state index contributed by atoms with van der Waals surface area (Å²) in [4.78, 5) is 13.8. The van der Waals surface area contributed by atoms with Crippen LogP contribution in [-0.4, -0.2) is 20.6 Å². The number of benzene rings is 2. The fourth-order valence-corrected chi connectivity index (χ4v) is 4.58. The van der Waals surface area contributed by atoms with Crippen molar-refractivity contribution >= 4 is 57.3 Å². The van der Waals surface area contributed by atoms with Gasteiger partial charge in [0.1, 0.15) is 10.3 Å². The van der Waals surface area contributed by atoms with Gasteiger partial charge in [0.05, 0.1) is 0 Å². The zero-order valence-corrected chi connectivity index (χ0v) is 19.2. The highest BCUT2D eigenvalue weighted by Crippen LogP contribution is 2.39. The first-order valence-electron chi connectivity index (χ1n) is 10.2. The van der Waals surface area contributed by atoms with Crippen molar-refractivity contribution in [1.29, 1.82) is 0 Å². The Morgan fingerprint density at radius 3 is 2.41 bits per heavy atom. The van der Waals surface area contributed by atoms with Crippen molar-refractivity contribution in [3.63, 3.8) is 0 Å².